The second-order valence-corrected chi connectivity index (χ2v) is 5.02. The molecule has 1 aromatic heterocycles. The third-order valence-electron chi connectivity index (χ3n) is 3.47. The molecule has 1 aliphatic rings. The SMILES string of the molecule is COc1cc(NC(=O)C(=O)Nc2ccc3c(c2)OCC3)n(C)n1. The van der Waals surface area contributed by atoms with Crippen LogP contribution in [0, 0.1) is 0 Å². The molecule has 1 aromatic carbocycles. The first kappa shape index (κ1) is 14.9. The van der Waals surface area contributed by atoms with Crippen LogP contribution in [0.4, 0.5) is 11.5 Å². The van der Waals surface area contributed by atoms with Gasteiger partial charge in [-0.05, 0) is 11.6 Å². The molecule has 0 atom stereocenters. The van der Waals surface area contributed by atoms with Crippen molar-refractivity contribution in [3.05, 3.63) is 29.8 Å². The molecule has 8 nitrogen and oxygen atoms in total. The van der Waals surface area contributed by atoms with E-state index in [0.717, 1.165) is 17.7 Å². The van der Waals surface area contributed by atoms with Crippen LogP contribution in [0.25, 0.3) is 0 Å². The first-order valence-electron chi connectivity index (χ1n) is 7.03. The van der Waals surface area contributed by atoms with Gasteiger partial charge in [-0.15, -0.1) is 5.10 Å². The molecule has 0 aliphatic carbocycles. The van der Waals surface area contributed by atoms with E-state index in [2.05, 4.69) is 15.7 Å². The van der Waals surface area contributed by atoms with E-state index in [0.29, 0.717) is 24.0 Å². The lowest BCUT2D eigenvalue weighted by Crippen LogP contribution is -2.29. The fraction of sp³-hybridized carbons (Fsp3) is 0.267. The van der Waals surface area contributed by atoms with E-state index in [-0.39, 0.29) is 0 Å². The Morgan fingerprint density at radius 2 is 2.04 bits per heavy atom. The van der Waals surface area contributed by atoms with Crippen LogP contribution in [-0.4, -0.2) is 35.3 Å². The number of amides is 2. The molecule has 0 unspecified atom stereocenters. The van der Waals surface area contributed by atoms with Gasteiger partial charge in [0.05, 0.1) is 13.7 Å². The Kier molecular flexibility index (Phi) is 3.88. The normalized spacial score (nSPS) is 12.3. The van der Waals surface area contributed by atoms with Crippen molar-refractivity contribution in [3.63, 3.8) is 0 Å². The van der Waals surface area contributed by atoms with Gasteiger partial charge in [0.15, 0.2) is 0 Å². The van der Waals surface area contributed by atoms with Gasteiger partial charge in [-0.25, -0.2) is 4.68 Å². The van der Waals surface area contributed by atoms with Gasteiger partial charge in [-0.2, -0.15) is 0 Å². The summed E-state index contributed by atoms with van der Waals surface area (Å²) >= 11 is 0. The number of benzene rings is 1. The number of nitrogens with one attached hydrogen (secondary N) is 2. The summed E-state index contributed by atoms with van der Waals surface area (Å²) in [5.74, 6) is -0.127. The zero-order valence-electron chi connectivity index (χ0n) is 12.8. The fourth-order valence-corrected chi connectivity index (χ4v) is 2.26. The number of aryl methyl sites for hydroxylation is 1. The Morgan fingerprint density at radius 3 is 2.78 bits per heavy atom. The number of anilines is 2. The maximum absolute atomic E-state index is 12.0. The second-order valence-electron chi connectivity index (χ2n) is 5.02. The third kappa shape index (κ3) is 3.10. The molecule has 0 spiro atoms. The van der Waals surface area contributed by atoms with Crippen LogP contribution in [0.5, 0.6) is 11.6 Å². The Hall–Kier alpha value is -3.03. The molecule has 3 rings (SSSR count). The van der Waals surface area contributed by atoms with E-state index >= 15 is 0 Å². The molecule has 0 radical (unpaired) electrons. The number of nitrogens with zero attached hydrogens (tertiary/aromatic N) is 2. The lowest BCUT2D eigenvalue weighted by molar-refractivity contribution is -0.133. The summed E-state index contributed by atoms with van der Waals surface area (Å²) in [5.41, 5.74) is 1.60. The molecular formula is C15H16N4O4. The fourth-order valence-electron chi connectivity index (χ4n) is 2.26. The van der Waals surface area contributed by atoms with E-state index in [1.807, 2.05) is 6.07 Å². The van der Waals surface area contributed by atoms with E-state index < -0.39 is 11.8 Å². The number of carbonyl (C=O) groups is 2. The van der Waals surface area contributed by atoms with Gasteiger partial charge in [0.2, 0.25) is 5.88 Å². The van der Waals surface area contributed by atoms with Crippen LogP contribution in [0.3, 0.4) is 0 Å². The first-order valence-corrected chi connectivity index (χ1v) is 7.03. The van der Waals surface area contributed by atoms with Gasteiger partial charge in [0, 0.05) is 31.3 Å². The summed E-state index contributed by atoms with van der Waals surface area (Å²) in [6.07, 6.45) is 0.854. The minimum atomic E-state index is -0.794. The molecule has 0 fully saturated rings. The first-order chi connectivity index (χ1) is 11.1. The number of hydrogen-bond acceptors (Lipinski definition) is 5. The van der Waals surface area contributed by atoms with Crippen molar-refractivity contribution in [2.75, 3.05) is 24.4 Å². The predicted molar refractivity (Wildman–Crippen MR) is 82.7 cm³/mol. The third-order valence-corrected chi connectivity index (χ3v) is 3.47. The Morgan fingerprint density at radius 1 is 1.26 bits per heavy atom. The molecule has 2 heterocycles. The molecule has 0 bridgehead atoms. The molecule has 0 saturated heterocycles. The molecule has 2 N–H and O–H groups in total. The molecule has 0 saturated carbocycles. The Balaban J connectivity index is 1.65. The van der Waals surface area contributed by atoms with Gasteiger partial charge in [0.25, 0.3) is 0 Å². The smallest absolute Gasteiger partial charge is 0.315 e. The summed E-state index contributed by atoms with van der Waals surface area (Å²) in [6.45, 7) is 0.634. The standard InChI is InChI=1S/C15H16N4O4/c1-19-12(8-13(18-19)22-2)17-15(21)14(20)16-10-4-3-9-5-6-23-11(9)7-10/h3-4,7-8H,5-6H2,1-2H3,(H,16,20)(H,17,21). The number of hydrogen-bond donors (Lipinski definition) is 2. The van der Waals surface area contributed by atoms with Crippen LogP contribution in [0.1, 0.15) is 5.56 Å². The topological polar surface area (TPSA) is 94.5 Å². The average molecular weight is 316 g/mol. The summed E-state index contributed by atoms with van der Waals surface area (Å²) in [6, 6.07) is 6.85. The lowest BCUT2D eigenvalue weighted by atomic mass is 10.1. The maximum Gasteiger partial charge on any atom is 0.315 e. The predicted octanol–water partition coefficient (Wildman–Crippen LogP) is 0.941. The van der Waals surface area contributed by atoms with E-state index in [9.17, 15) is 9.59 Å². The summed E-state index contributed by atoms with van der Waals surface area (Å²) in [7, 11) is 3.10. The number of methoxy groups -OCH3 is 1. The molecule has 8 heteroatoms. The number of fused-ring (bicyclic) bond motifs is 1. The van der Waals surface area contributed by atoms with E-state index in [4.69, 9.17) is 9.47 Å². The lowest BCUT2D eigenvalue weighted by Gasteiger charge is -2.07. The van der Waals surface area contributed by atoms with Crippen molar-refractivity contribution in [1.82, 2.24) is 9.78 Å². The van der Waals surface area contributed by atoms with Gasteiger partial charge < -0.3 is 20.1 Å². The highest BCUT2D eigenvalue weighted by molar-refractivity contribution is 6.43. The highest BCUT2D eigenvalue weighted by atomic mass is 16.5. The van der Waals surface area contributed by atoms with E-state index in [1.165, 1.54) is 17.9 Å². The van der Waals surface area contributed by atoms with Crippen molar-refractivity contribution in [2.45, 2.75) is 6.42 Å². The average Bonchev–Trinajstić information content (AvgIpc) is 3.13. The minimum absolute atomic E-state index is 0.346. The molecule has 120 valence electrons. The summed E-state index contributed by atoms with van der Waals surface area (Å²) in [5, 5.41) is 9.01. The van der Waals surface area contributed by atoms with Crippen molar-refractivity contribution in [3.8, 4) is 11.6 Å². The van der Waals surface area contributed by atoms with Crippen LogP contribution >= 0.6 is 0 Å². The van der Waals surface area contributed by atoms with Crippen LogP contribution in [-0.2, 0) is 23.1 Å². The van der Waals surface area contributed by atoms with Crippen LogP contribution in [0.2, 0.25) is 0 Å². The molecular weight excluding hydrogens is 300 g/mol. The van der Waals surface area contributed by atoms with Crippen LogP contribution < -0.4 is 20.1 Å². The van der Waals surface area contributed by atoms with Crippen molar-refractivity contribution in [2.24, 2.45) is 7.05 Å². The number of aromatic nitrogens is 2. The van der Waals surface area contributed by atoms with Gasteiger partial charge >= 0.3 is 11.8 Å². The van der Waals surface area contributed by atoms with Gasteiger partial charge in [-0.3, -0.25) is 9.59 Å². The molecule has 2 aromatic rings. The van der Waals surface area contributed by atoms with Crippen molar-refractivity contribution < 1.29 is 19.1 Å². The second kappa shape index (κ2) is 5.99. The van der Waals surface area contributed by atoms with Gasteiger partial charge in [-0.1, -0.05) is 6.07 Å². The number of rotatable bonds is 3. The molecule has 1 aliphatic heterocycles. The zero-order chi connectivity index (χ0) is 16.4. The largest absolute Gasteiger partial charge is 0.493 e. The maximum atomic E-state index is 12.0. The Labute approximate surface area is 132 Å². The summed E-state index contributed by atoms with van der Waals surface area (Å²) < 4.78 is 11.8. The minimum Gasteiger partial charge on any atom is -0.493 e. The quantitative estimate of drug-likeness (QED) is 0.822. The van der Waals surface area contributed by atoms with E-state index in [1.54, 1.807) is 19.2 Å². The molecule has 23 heavy (non-hydrogen) atoms. The van der Waals surface area contributed by atoms with Gasteiger partial charge in [0.1, 0.15) is 11.6 Å². The van der Waals surface area contributed by atoms with Crippen molar-refractivity contribution >= 4 is 23.3 Å². The van der Waals surface area contributed by atoms with Crippen LogP contribution in [0.15, 0.2) is 24.3 Å². The monoisotopic (exact) mass is 316 g/mol. The van der Waals surface area contributed by atoms with Crippen molar-refractivity contribution in [1.29, 1.82) is 0 Å². The number of ether oxygens (including phenoxy) is 2. The highest BCUT2D eigenvalue weighted by Crippen LogP contribution is 2.28. The highest BCUT2D eigenvalue weighted by Gasteiger charge is 2.18. The number of carbonyl (C=O) groups excluding carboxylic acids is 2. The Bertz CT molecular complexity index is 769. The summed E-state index contributed by atoms with van der Waals surface area (Å²) in [4.78, 5) is 23.9. The molecule has 2 amide bonds. The zero-order valence-corrected chi connectivity index (χ0v) is 12.8.